The fraction of sp³-hybridized carbons (Fsp3) is 0.357. The standard InChI is InChI=1S/C14H15IO3/c1-3-14(2,15)13(16)18-11-6-7-12-10(9-11)5-4-8-17-12/h4,6-9H,3,5H2,1-2H3. The van der Waals surface area contributed by atoms with Gasteiger partial charge in [-0.05, 0) is 44.0 Å². The second-order valence-electron chi connectivity index (χ2n) is 4.40. The highest BCUT2D eigenvalue weighted by Crippen LogP contribution is 2.30. The van der Waals surface area contributed by atoms with Crippen molar-refractivity contribution in [1.29, 1.82) is 0 Å². The minimum absolute atomic E-state index is 0.210. The highest BCUT2D eigenvalue weighted by molar-refractivity contribution is 14.1. The molecule has 1 aliphatic heterocycles. The normalized spacial score (nSPS) is 16.4. The molecule has 0 aromatic heterocycles. The van der Waals surface area contributed by atoms with Gasteiger partial charge in [0, 0.05) is 5.56 Å². The summed E-state index contributed by atoms with van der Waals surface area (Å²) in [4.78, 5) is 12.0. The average Bonchev–Trinajstić information content (AvgIpc) is 2.38. The van der Waals surface area contributed by atoms with Crippen LogP contribution in [0.4, 0.5) is 0 Å². The molecule has 1 aliphatic rings. The van der Waals surface area contributed by atoms with E-state index in [2.05, 4.69) is 22.6 Å². The summed E-state index contributed by atoms with van der Waals surface area (Å²) in [7, 11) is 0. The van der Waals surface area contributed by atoms with E-state index in [1.54, 1.807) is 12.3 Å². The van der Waals surface area contributed by atoms with Crippen LogP contribution >= 0.6 is 22.6 Å². The first-order valence-corrected chi connectivity index (χ1v) is 6.96. The molecule has 0 saturated carbocycles. The number of rotatable bonds is 3. The van der Waals surface area contributed by atoms with Crippen molar-refractivity contribution in [3.05, 3.63) is 36.1 Å². The van der Waals surface area contributed by atoms with Gasteiger partial charge in [0.05, 0.1) is 6.26 Å². The smallest absolute Gasteiger partial charge is 0.327 e. The van der Waals surface area contributed by atoms with E-state index in [9.17, 15) is 4.79 Å². The van der Waals surface area contributed by atoms with Crippen LogP contribution in [0.15, 0.2) is 30.5 Å². The molecule has 2 rings (SSSR count). The summed E-state index contributed by atoms with van der Waals surface area (Å²) in [5.41, 5.74) is 1.04. The topological polar surface area (TPSA) is 35.5 Å². The largest absolute Gasteiger partial charge is 0.465 e. The van der Waals surface area contributed by atoms with Crippen LogP contribution in [-0.2, 0) is 11.2 Å². The van der Waals surface area contributed by atoms with Gasteiger partial charge in [-0.25, -0.2) is 0 Å². The predicted octanol–water partition coefficient (Wildman–Crippen LogP) is 3.64. The lowest BCUT2D eigenvalue weighted by molar-refractivity contribution is -0.136. The number of hydrogen-bond acceptors (Lipinski definition) is 3. The second kappa shape index (κ2) is 5.30. The molecular formula is C14H15IO3. The number of ether oxygens (including phenoxy) is 2. The summed E-state index contributed by atoms with van der Waals surface area (Å²) in [6, 6.07) is 5.45. The van der Waals surface area contributed by atoms with Gasteiger partial charge in [0.15, 0.2) is 0 Å². The number of allylic oxidation sites excluding steroid dienone is 1. The summed E-state index contributed by atoms with van der Waals surface area (Å²) in [5.74, 6) is 1.19. The summed E-state index contributed by atoms with van der Waals surface area (Å²) in [5, 5.41) is 0. The van der Waals surface area contributed by atoms with Gasteiger partial charge < -0.3 is 9.47 Å². The van der Waals surface area contributed by atoms with Gasteiger partial charge in [-0.3, -0.25) is 4.79 Å². The summed E-state index contributed by atoms with van der Waals surface area (Å²) >= 11 is 2.13. The summed E-state index contributed by atoms with van der Waals surface area (Å²) < 4.78 is 10.3. The maximum atomic E-state index is 12.0. The zero-order valence-electron chi connectivity index (χ0n) is 10.4. The van der Waals surface area contributed by atoms with Crippen molar-refractivity contribution in [2.75, 3.05) is 0 Å². The van der Waals surface area contributed by atoms with E-state index < -0.39 is 3.42 Å². The number of carbonyl (C=O) groups excluding carboxylic acids is 1. The Morgan fingerprint density at radius 1 is 1.56 bits per heavy atom. The van der Waals surface area contributed by atoms with Crippen molar-refractivity contribution < 1.29 is 14.3 Å². The van der Waals surface area contributed by atoms with Gasteiger partial charge in [-0.15, -0.1) is 0 Å². The number of alkyl halides is 1. The quantitative estimate of drug-likeness (QED) is 0.358. The van der Waals surface area contributed by atoms with Gasteiger partial charge in [0.25, 0.3) is 0 Å². The molecule has 0 amide bonds. The third-order valence-corrected chi connectivity index (χ3v) is 4.16. The van der Waals surface area contributed by atoms with Gasteiger partial charge in [0.1, 0.15) is 14.9 Å². The van der Waals surface area contributed by atoms with E-state index in [1.807, 2.05) is 32.1 Å². The number of halogens is 1. The molecule has 0 saturated heterocycles. The molecule has 1 aromatic carbocycles. The number of fused-ring (bicyclic) bond motifs is 1. The van der Waals surface area contributed by atoms with Crippen LogP contribution in [0, 0.1) is 0 Å². The first-order chi connectivity index (χ1) is 8.53. The highest BCUT2D eigenvalue weighted by atomic mass is 127. The van der Waals surface area contributed by atoms with Crippen LogP contribution < -0.4 is 9.47 Å². The van der Waals surface area contributed by atoms with Crippen molar-refractivity contribution in [2.45, 2.75) is 30.1 Å². The van der Waals surface area contributed by atoms with E-state index in [0.717, 1.165) is 24.2 Å². The minimum atomic E-state index is -0.482. The maximum absolute atomic E-state index is 12.0. The van der Waals surface area contributed by atoms with Gasteiger partial charge in [0.2, 0.25) is 0 Å². The molecule has 1 unspecified atom stereocenters. The van der Waals surface area contributed by atoms with Crippen LogP contribution in [0.1, 0.15) is 25.8 Å². The van der Waals surface area contributed by atoms with Crippen molar-refractivity contribution >= 4 is 28.6 Å². The summed E-state index contributed by atoms with van der Waals surface area (Å²) in [6.45, 7) is 3.85. The Hall–Kier alpha value is -1.04. The molecule has 0 aliphatic carbocycles. The molecule has 0 spiro atoms. The molecule has 1 aromatic rings. The van der Waals surface area contributed by atoms with Crippen LogP contribution in [0.2, 0.25) is 0 Å². The van der Waals surface area contributed by atoms with Crippen molar-refractivity contribution in [2.24, 2.45) is 0 Å². The molecule has 0 bridgehead atoms. The van der Waals surface area contributed by atoms with Gasteiger partial charge in [-0.2, -0.15) is 0 Å². The minimum Gasteiger partial charge on any atom is -0.465 e. The average molecular weight is 358 g/mol. The molecule has 96 valence electrons. The Bertz CT molecular complexity index is 492. The van der Waals surface area contributed by atoms with Crippen LogP contribution in [0.5, 0.6) is 11.5 Å². The Morgan fingerprint density at radius 2 is 2.33 bits per heavy atom. The molecule has 4 heteroatoms. The van der Waals surface area contributed by atoms with Crippen LogP contribution in [0.3, 0.4) is 0 Å². The fourth-order valence-corrected chi connectivity index (χ4v) is 1.66. The number of esters is 1. The van der Waals surface area contributed by atoms with E-state index in [0.29, 0.717) is 5.75 Å². The molecule has 18 heavy (non-hydrogen) atoms. The third kappa shape index (κ3) is 2.85. The van der Waals surface area contributed by atoms with Crippen molar-refractivity contribution in [1.82, 2.24) is 0 Å². The van der Waals surface area contributed by atoms with E-state index in [4.69, 9.17) is 9.47 Å². The van der Waals surface area contributed by atoms with Crippen molar-refractivity contribution in [3.8, 4) is 11.5 Å². The molecule has 0 N–H and O–H groups in total. The van der Waals surface area contributed by atoms with Crippen molar-refractivity contribution in [3.63, 3.8) is 0 Å². The number of carbonyl (C=O) groups is 1. The molecule has 0 radical (unpaired) electrons. The second-order valence-corrected chi connectivity index (χ2v) is 6.78. The van der Waals surface area contributed by atoms with E-state index >= 15 is 0 Å². The predicted molar refractivity (Wildman–Crippen MR) is 78.3 cm³/mol. The van der Waals surface area contributed by atoms with Gasteiger partial charge in [-0.1, -0.05) is 29.5 Å². The first-order valence-electron chi connectivity index (χ1n) is 5.89. The monoisotopic (exact) mass is 358 g/mol. The number of hydrogen-bond donors (Lipinski definition) is 0. The molecule has 1 atom stereocenters. The van der Waals surface area contributed by atoms with Crippen LogP contribution in [-0.4, -0.2) is 9.39 Å². The van der Waals surface area contributed by atoms with Crippen LogP contribution in [0.25, 0.3) is 0 Å². The Kier molecular flexibility index (Phi) is 3.94. The molecule has 3 nitrogen and oxygen atoms in total. The molecular weight excluding hydrogens is 343 g/mol. The fourth-order valence-electron chi connectivity index (χ4n) is 1.55. The third-order valence-electron chi connectivity index (χ3n) is 2.96. The highest BCUT2D eigenvalue weighted by Gasteiger charge is 2.30. The molecule has 0 fully saturated rings. The summed E-state index contributed by atoms with van der Waals surface area (Å²) in [6.07, 6.45) is 5.15. The maximum Gasteiger partial charge on any atom is 0.327 e. The Labute approximate surface area is 120 Å². The van der Waals surface area contributed by atoms with E-state index in [1.165, 1.54) is 0 Å². The zero-order valence-corrected chi connectivity index (χ0v) is 12.6. The van der Waals surface area contributed by atoms with E-state index in [-0.39, 0.29) is 5.97 Å². The number of benzene rings is 1. The Balaban J connectivity index is 2.14. The lowest BCUT2D eigenvalue weighted by atomic mass is 10.1. The molecule has 1 heterocycles. The SMILES string of the molecule is CCC(C)(I)C(=O)Oc1ccc2c(c1)CC=CO2. The Morgan fingerprint density at radius 3 is 3.06 bits per heavy atom. The lowest BCUT2D eigenvalue weighted by Gasteiger charge is -2.19. The van der Waals surface area contributed by atoms with Gasteiger partial charge >= 0.3 is 5.97 Å². The zero-order chi connectivity index (χ0) is 13.2. The first kappa shape index (κ1) is 13.4. The lowest BCUT2D eigenvalue weighted by Crippen LogP contribution is -2.31.